The molecule has 1 aromatic heterocycles. The second kappa shape index (κ2) is 7.40. The minimum atomic E-state index is -0.433. The predicted molar refractivity (Wildman–Crippen MR) is 82.7 cm³/mol. The zero-order valence-electron chi connectivity index (χ0n) is 12.4. The molecular formula is C13H21ClN6O. The number of halogens is 1. The van der Waals surface area contributed by atoms with Crippen molar-refractivity contribution >= 4 is 29.4 Å². The third-order valence-corrected chi connectivity index (χ3v) is 3.49. The van der Waals surface area contributed by atoms with Crippen LogP contribution in [0, 0.1) is 0 Å². The minimum absolute atomic E-state index is 0.103. The van der Waals surface area contributed by atoms with E-state index in [4.69, 9.17) is 11.6 Å². The zero-order chi connectivity index (χ0) is 15.2. The van der Waals surface area contributed by atoms with Crippen LogP contribution in [0.3, 0.4) is 0 Å². The van der Waals surface area contributed by atoms with Crippen LogP contribution in [-0.4, -0.2) is 46.5 Å². The lowest BCUT2D eigenvalue weighted by Gasteiger charge is -2.26. The molecule has 1 unspecified atom stereocenters. The topological polar surface area (TPSA) is 83.0 Å². The predicted octanol–water partition coefficient (Wildman–Crippen LogP) is 1.45. The van der Waals surface area contributed by atoms with Crippen molar-refractivity contribution in [2.45, 2.75) is 39.2 Å². The maximum Gasteiger partial charge on any atom is 0.242 e. The van der Waals surface area contributed by atoms with Crippen molar-refractivity contribution in [2.24, 2.45) is 0 Å². The minimum Gasteiger partial charge on any atom is -0.355 e. The lowest BCUT2D eigenvalue weighted by molar-refractivity contribution is -0.121. The molecule has 0 aromatic carbocycles. The summed E-state index contributed by atoms with van der Waals surface area (Å²) in [5.74, 6) is 0.795. The van der Waals surface area contributed by atoms with Gasteiger partial charge in [-0.05, 0) is 44.7 Å². The van der Waals surface area contributed by atoms with Crippen molar-refractivity contribution in [3.05, 3.63) is 5.28 Å². The zero-order valence-corrected chi connectivity index (χ0v) is 13.2. The summed E-state index contributed by atoms with van der Waals surface area (Å²) in [7, 11) is 0. The van der Waals surface area contributed by atoms with Crippen LogP contribution in [0.4, 0.5) is 11.9 Å². The van der Waals surface area contributed by atoms with Gasteiger partial charge in [0.25, 0.3) is 0 Å². The van der Waals surface area contributed by atoms with Gasteiger partial charge < -0.3 is 15.5 Å². The van der Waals surface area contributed by atoms with Crippen molar-refractivity contribution in [3.63, 3.8) is 0 Å². The number of aromatic nitrogens is 3. The van der Waals surface area contributed by atoms with Gasteiger partial charge in [0.1, 0.15) is 6.04 Å². The number of carbonyl (C=O) groups excluding carboxylic acids is 1. The molecule has 1 aromatic rings. The van der Waals surface area contributed by atoms with E-state index in [1.54, 1.807) is 6.92 Å². The molecule has 0 aliphatic carbocycles. The highest BCUT2D eigenvalue weighted by Gasteiger charge is 2.18. The first-order chi connectivity index (χ1) is 10.1. The van der Waals surface area contributed by atoms with Crippen molar-refractivity contribution in [3.8, 4) is 0 Å². The monoisotopic (exact) mass is 312 g/mol. The summed E-state index contributed by atoms with van der Waals surface area (Å²) in [6.07, 6.45) is 3.48. The molecule has 7 nitrogen and oxygen atoms in total. The molecule has 1 aliphatic heterocycles. The molecule has 8 heteroatoms. The molecule has 0 radical (unpaired) electrons. The molecule has 0 bridgehead atoms. The van der Waals surface area contributed by atoms with Gasteiger partial charge in [-0.1, -0.05) is 0 Å². The summed E-state index contributed by atoms with van der Waals surface area (Å²) in [6, 6.07) is -0.433. The number of nitrogens with one attached hydrogen (secondary N) is 2. The van der Waals surface area contributed by atoms with E-state index in [0.717, 1.165) is 25.9 Å². The van der Waals surface area contributed by atoms with Gasteiger partial charge in [0.2, 0.25) is 23.1 Å². The summed E-state index contributed by atoms with van der Waals surface area (Å²) in [5, 5.41) is 5.84. The summed E-state index contributed by atoms with van der Waals surface area (Å²) in [6.45, 7) is 6.06. The molecule has 1 amide bonds. The second-order valence-corrected chi connectivity index (χ2v) is 5.37. The van der Waals surface area contributed by atoms with Crippen molar-refractivity contribution in [1.29, 1.82) is 0 Å². The maximum absolute atomic E-state index is 11.7. The molecule has 1 fully saturated rings. The second-order valence-electron chi connectivity index (χ2n) is 5.04. The van der Waals surface area contributed by atoms with Crippen LogP contribution in [0.15, 0.2) is 0 Å². The number of anilines is 2. The van der Waals surface area contributed by atoms with Crippen LogP contribution >= 0.6 is 11.6 Å². The van der Waals surface area contributed by atoms with Crippen LogP contribution in [-0.2, 0) is 4.79 Å². The first kappa shape index (κ1) is 15.8. The Morgan fingerprint density at radius 1 is 1.29 bits per heavy atom. The van der Waals surface area contributed by atoms with E-state index in [9.17, 15) is 4.79 Å². The van der Waals surface area contributed by atoms with E-state index >= 15 is 0 Å². The molecular weight excluding hydrogens is 292 g/mol. The summed E-state index contributed by atoms with van der Waals surface area (Å²) < 4.78 is 0. The fraction of sp³-hybridized carbons (Fsp3) is 0.692. The molecule has 1 saturated heterocycles. The number of nitrogens with zero attached hydrogens (tertiary/aromatic N) is 4. The van der Waals surface area contributed by atoms with Crippen molar-refractivity contribution in [2.75, 3.05) is 29.9 Å². The fourth-order valence-corrected chi connectivity index (χ4v) is 2.38. The van der Waals surface area contributed by atoms with Crippen molar-refractivity contribution in [1.82, 2.24) is 20.3 Å². The number of rotatable bonds is 5. The van der Waals surface area contributed by atoms with E-state index in [2.05, 4.69) is 30.5 Å². The third kappa shape index (κ3) is 4.42. The van der Waals surface area contributed by atoms with Crippen LogP contribution < -0.4 is 15.5 Å². The van der Waals surface area contributed by atoms with Crippen LogP contribution in [0.1, 0.15) is 33.1 Å². The van der Waals surface area contributed by atoms with Gasteiger partial charge in [-0.3, -0.25) is 4.79 Å². The normalized spacial score (nSPS) is 16.4. The van der Waals surface area contributed by atoms with Crippen LogP contribution in [0.25, 0.3) is 0 Å². The van der Waals surface area contributed by atoms with Gasteiger partial charge in [0.05, 0.1) is 0 Å². The van der Waals surface area contributed by atoms with E-state index in [0.29, 0.717) is 18.4 Å². The van der Waals surface area contributed by atoms with Gasteiger partial charge in [-0.2, -0.15) is 15.0 Å². The molecule has 0 saturated carbocycles. The number of likely N-dealkylation sites (N-methyl/N-ethyl adjacent to an activating group) is 1. The number of carbonyl (C=O) groups is 1. The van der Waals surface area contributed by atoms with Crippen LogP contribution in [0.5, 0.6) is 0 Å². The highest BCUT2D eigenvalue weighted by Crippen LogP contribution is 2.18. The van der Waals surface area contributed by atoms with Crippen molar-refractivity contribution < 1.29 is 4.79 Å². The summed E-state index contributed by atoms with van der Waals surface area (Å²) in [5.41, 5.74) is 0. The molecule has 2 N–H and O–H groups in total. The molecule has 2 heterocycles. The Morgan fingerprint density at radius 2 is 2.00 bits per heavy atom. The summed E-state index contributed by atoms with van der Waals surface area (Å²) >= 11 is 5.96. The van der Waals surface area contributed by atoms with Gasteiger partial charge in [-0.25, -0.2) is 0 Å². The van der Waals surface area contributed by atoms with E-state index in [1.165, 1.54) is 6.42 Å². The Bertz CT molecular complexity index is 492. The Labute approximate surface area is 129 Å². The van der Waals surface area contributed by atoms with E-state index in [1.807, 2.05) is 6.92 Å². The summed E-state index contributed by atoms with van der Waals surface area (Å²) in [4.78, 5) is 26.4. The molecule has 116 valence electrons. The van der Waals surface area contributed by atoms with Gasteiger partial charge in [0.15, 0.2) is 0 Å². The molecule has 21 heavy (non-hydrogen) atoms. The Kier molecular flexibility index (Phi) is 5.55. The average molecular weight is 313 g/mol. The highest BCUT2D eigenvalue weighted by atomic mass is 35.5. The van der Waals surface area contributed by atoms with Crippen LogP contribution in [0.2, 0.25) is 5.28 Å². The Morgan fingerprint density at radius 3 is 2.67 bits per heavy atom. The maximum atomic E-state index is 11.7. The first-order valence-corrected chi connectivity index (χ1v) is 7.68. The first-order valence-electron chi connectivity index (χ1n) is 7.31. The highest BCUT2D eigenvalue weighted by molar-refractivity contribution is 6.28. The van der Waals surface area contributed by atoms with E-state index in [-0.39, 0.29) is 11.2 Å². The number of hydrogen-bond acceptors (Lipinski definition) is 6. The molecule has 2 rings (SSSR count). The molecule has 0 spiro atoms. The van der Waals surface area contributed by atoms with Gasteiger partial charge in [0, 0.05) is 19.6 Å². The Balaban J connectivity index is 2.09. The van der Waals surface area contributed by atoms with E-state index < -0.39 is 6.04 Å². The average Bonchev–Trinajstić information content (AvgIpc) is 2.47. The number of amides is 1. The Hall–Kier alpha value is -1.63. The lowest BCUT2D eigenvalue weighted by atomic mass is 10.1. The smallest absolute Gasteiger partial charge is 0.242 e. The number of piperidine rings is 1. The largest absolute Gasteiger partial charge is 0.355 e. The molecule has 1 aliphatic rings. The quantitative estimate of drug-likeness (QED) is 0.856. The third-order valence-electron chi connectivity index (χ3n) is 3.33. The standard InChI is InChI=1S/C13H21ClN6O/c1-3-15-10(21)9(2)16-12-17-11(14)18-13(19-12)20-7-5-4-6-8-20/h9H,3-8H2,1-2H3,(H,15,21)(H,16,17,18,19). The SMILES string of the molecule is CCNC(=O)C(C)Nc1nc(Cl)nc(N2CCCCC2)n1. The van der Waals surface area contributed by atoms with Gasteiger partial charge in [-0.15, -0.1) is 0 Å². The lowest BCUT2D eigenvalue weighted by Crippen LogP contribution is -2.38. The molecule has 1 atom stereocenters. The fourth-order valence-electron chi connectivity index (χ4n) is 2.23. The van der Waals surface area contributed by atoms with Gasteiger partial charge >= 0.3 is 0 Å². The number of hydrogen-bond donors (Lipinski definition) is 2.